The molecule has 188 valence electrons. The molecular formula is C22H21ClF4N4O4. The highest BCUT2D eigenvalue weighted by Crippen LogP contribution is 2.38. The summed E-state index contributed by atoms with van der Waals surface area (Å²) in [5.74, 6) is -2.55. The van der Waals surface area contributed by atoms with Crippen molar-refractivity contribution in [1.82, 2.24) is 15.3 Å². The van der Waals surface area contributed by atoms with Gasteiger partial charge in [-0.25, -0.2) is 14.4 Å². The lowest BCUT2D eigenvalue weighted by Gasteiger charge is -2.41. The molecule has 1 aromatic heterocycles. The fourth-order valence-electron chi connectivity index (χ4n) is 4.51. The predicted octanol–water partition coefficient (Wildman–Crippen LogP) is 3.59. The maximum atomic E-state index is 14.2. The first kappa shape index (κ1) is 25.1. The molecule has 13 heteroatoms. The second kappa shape index (κ2) is 9.57. The van der Waals surface area contributed by atoms with Gasteiger partial charge in [-0.1, -0.05) is 11.6 Å². The number of carbonyl (C=O) groups is 2. The molecule has 2 aliphatic heterocycles. The number of anilines is 1. The Bertz CT molecular complexity index is 1070. The first-order valence-corrected chi connectivity index (χ1v) is 11.1. The molecule has 8 nitrogen and oxygen atoms in total. The summed E-state index contributed by atoms with van der Waals surface area (Å²) in [6.07, 6.45) is 0.900. The van der Waals surface area contributed by atoms with Crippen LogP contribution in [0.4, 0.5) is 23.2 Å². The van der Waals surface area contributed by atoms with E-state index in [0.717, 1.165) is 42.0 Å². The van der Waals surface area contributed by atoms with Crippen molar-refractivity contribution in [2.75, 3.05) is 4.90 Å². The summed E-state index contributed by atoms with van der Waals surface area (Å²) in [6, 6.07) is 3.73. The van der Waals surface area contributed by atoms with Gasteiger partial charge in [0.15, 0.2) is 5.54 Å². The minimum absolute atomic E-state index is 0.0218. The molecule has 0 saturated carbocycles. The van der Waals surface area contributed by atoms with Gasteiger partial charge < -0.3 is 14.8 Å². The van der Waals surface area contributed by atoms with Gasteiger partial charge in [0, 0.05) is 23.6 Å². The van der Waals surface area contributed by atoms with E-state index in [2.05, 4.69) is 20.0 Å². The zero-order valence-corrected chi connectivity index (χ0v) is 19.1. The predicted molar refractivity (Wildman–Crippen MR) is 115 cm³/mol. The van der Waals surface area contributed by atoms with Crippen molar-refractivity contribution in [1.29, 1.82) is 0 Å². The molecule has 2 bridgehead atoms. The summed E-state index contributed by atoms with van der Waals surface area (Å²) in [7, 11) is 0. The Kier molecular flexibility index (Phi) is 6.87. The quantitative estimate of drug-likeness (QED) is 0.446. The molecule has 5 atom stereocenters. The van der Waals surface area contributed by atoms with Crippen LogP contribution in [0.15, 0.2) is 43.0 Å². The Labute approximate surface area is 202 Å². The van der Waals surface area contributed by atoms with Crippen LogP contribution in [0, 0.1) is 0 Å². The molecule has 2 fully saturated rings. The Hall–Kier alpha value is -2.99. The van der Waals surface area contributed by atoms with Gasteiger partial charge in [-0.15, -0.1) is 13.2 Å². The highest BCUT2D eigenvalue weighted by atomic mass is 35.5. The fourth-order valence-corrected chi connectivity index (χ4v) is 4.61. The van der Waals surface area contributed by atoms with Crippen LogP contribution < -0.4 is 15.0 Å². The molecule has 3 heterocycles. The molecule has 2 aliphatic rings. The maximum absolute atomic E-state index is 14.2. The number of nitrogens with zero attached hydrogens (tertiary/aromatic N) is 3. The zero-order valence-electron chi connectivity index (χ0n) is 18.3. The van der Waals surface area contributed by atoms with Crippen LogP contribution in [0.2, 0.25) is 0 Å². The van der Waals surface area contributed by atoms with Crippen LogP contribution >= 0.6 is 11.6 Å². The molecule has 1 aromatic carbocycles. The molecule has 2 saturated heterocycles. The smallest absolute Gasteiger partial charge is 0.406 e. The molecule has 0 radical (unpaired) electrons. The van der Waals surface area contributed by atoms with E-state index in [4.69, 9.17) is 16.3 Å². The van der Waals surface area contributed by atoms with Crippen LogP contribution in [-0.4, -0.2) is 52.0 Å². The summed E-state index contributed by atoms with van der Waals surface area (Å²) in [4.78, 5) is 35.4. The lowest BCUT2D eigenvalue weighted by molar-refractivity contribution is -0.274. The monoisotopic (exact) mass is 516 g/mol. The number of ether oxygens (including phenoxy) is 2. The van der Waals surface area contributed by atoms with Gasteiger partial charge in [0.2, 0.25) is 0 Å². The number of aromatic nitrogens is 2. The fraction of sp³-hybridized carbons (Fsp3) is 0.455. The van der Waals surface area contributed by atoms with Crippen molar-refractivity contribution in [2.24, 2.45) is 0 Å². The lowest BCUT2D eigenvalue weighted by atomic mass is 9.88. The number of rotatable bonds is 7. The number of nitrogens with one attached hydrogen (secondary N) is 1. The van der Waals surface area contributed by atoms with E-state index in [1.54, 1.807) is 0 Å². The van der Waals surface area contributed by atoms with Crippen molar-refractivity contribution in [3.05, 3.63) is 48.5 Å². The number of alkyl halides is 5. The SMILES string of the molecule is C[C@@](C(=O)N[C@@H]1C[C@@H]2CC[C@H]1O2)(c1cncnc1)N(C(=O)[C@H](F)Cl)c1ccc(OC(F)(F)F)cc1. The Morgan fingerprint density at radius 3 is 2.37 bits per heavy atom. The van der Waals surface area contributed by atoms with E-state index in [9.17, 15) is 27.2 Å². The van der Waals surface area contributed by atoms with Crippen molar-refractivity contribution in [2.45, 2.75) is 62.0 Å². The Morgan fingerprint density at radius 1 is 1.20 bits per heavy atom. The van der Waals surface area contributed by atoms with Gasteiger partial charge in [0.1, 0.15) is 12.1 Å². The van der Waals surface area contributed by atoms with Gasteiger partial charge in [-0.05, 0) is 50.5 Å². The third-order valence-corrected chi connectivity index (χ3v) is 6.36. The van der Waals surface area contributed by atoms with Gasteiger partial charge >= 0.3 is 6.36 Å². The average Bonchev–Trinajstić information content (AvgIpc) is 3.43. The summed E-state index contributed by atoms with van der Waals surface area (Å²) in [6.45, 7) is 1.35. The van der Waals surface area contributed by atoms with Crippen LogP contribution in [0.3, 0.4) is 0 Å². The van der Waals surface area contributed by atoms with E-state index in [-0.39, 0.29) is 29.5 Å². The number of hydrogen-bond acceptors (Lipinski definition) is 6. The third kappa shape index (κ3) is 5.18. The minimum Gasteiger partial charge on any atom is -0.406 e. The van der Waals surface area contributed by atoms with Crippen LogP contribution in [0.1, 0.15) is 31.7 Å². The molecular weight excluding hydrogens is 496 g/mol. The van der Waals surface area contributed by atoms with Crippen LogP contribution in [0.25, 0.3) is 0 Å². The number of amides is 2. The normalized spacial score (nSPS) is 23.9. The van der Waals surface area contributed by atoms with E-state index in [1.165, 1.54) is 25.6 Å². The van der Waals surface area contributed by atoms with E-state index < -0.39 is 35.1 Å². The molecule has 35 heavy (non-hydrogen) atoms. The molecule has 0 unspecified atom stereocenters. The molecule has 0 spiro atoms. The van der Waals surface area contributed by atoms with Crippen molar-refractivity contribution >= 4 is 29.1 Å². The minimum atomic E-state index is -4.93. The third-order valence-electron chi connectivity index (χ3n) is 6.17. The standard InChI is InChI=1S/C22H21ClF4N4O4/c1-21(12-9-28-11-29-10-12,20(33)30-16-8-15-6-7-17(16)34-15)31(19(32)18(23)24)13-2-4-14(5-3-13)35-22(25,26)27/h2-5,9-11,15-18H,6-8H2,1H3,(H,30,33)/t15-,16+,17+,18-,21-/m0/s1. The van der Waals surface area contributed by atoms with Gasteiger partial charge in [-0.3, -0.25) is 14.5 Å². The Balaban J connectivity index is 1.75. The Morgan fingerprint density at radius 2 is 1.86 bits per heavy atom. The summed E-state index contributed by atoms with van der Waals surface area (Å²) in [5.41, 5.74) is -4.45. The number of hydrogen-bond donors (Lipinski definition) is 1. The van der Waals surface area contributed by atoms with E-state index >= 15 is 0 Å². The maximum Gasteiger partial charge on any atom is 0.573 e. The van der Waals surface area contributed by atoms with Crippen LogP contribution in [0.5, 0.6) is 5.75 Å². The molecule has 2 aromatic rings. The van der Waals surface area contributed by atoms with Gasteiger partial charge in [-0.2, -0.15) is 0 Å². The highest BCUT2D eigenvalue weighted by molar-refractivity contribution is 6.32. The second-order valence-electron chi connectivity index (χ2n) is 8.40. The topological polar surface area (TPSA) is 93.6 Å². The highest BCUT2D eigenvalue weighted by Gasteiger charge is 2.50. The van der Waals surface area contributed by atoms with E-state index in [0.29, 0.717) is 6.42 Å². The molecule has 4 rings (SSSR count). The van der Waals surface area contributed by atoms with Gasteiger partial charge in [0.05, 0.1) is 18.2 Å². The van der Waals surface area contributed by atoms with Crippen LogP contribution in [-0.2, 0) is 19.9 Å². The van der Waals surface area contributed by atoms with E-state index in [1.807, 2.05) is 0 Å². The van der Waals surface area contributed by atoms with Gasteiger partial charge in [0.25, 0.3) is 17.4 Å². The van der Waals surface area contributed by atoms with Crippen molar-refractivity contribution in [3.63, 3.8) is 0 Å². The largest absolute Gasteiger partial charge is 0.573 e. The summed E-state index contributed by atoms with van der Waals surface area (Å²) >= 11 is 5.50. The molecule has 2 amide bonds. The zero-order chi connectivity index (χ0) is 25.4. The van der Waals surface area contributed by atoms with Crippen molar-refractivity contribution < 1.29 is 36.6 Å². The lowest BCUT2D eigenvalue weighted by Crippen LogP contribution is -2.60. The number of benzene rings is 1. The summed E-state index contributed by atoms with van der Waals surface area (Å²) < 4.78 is 61.6. The molecule has 0 aliphatic carbocycles. The van der Waals surface area contributed by atoms with Crippen molar-refractivity contribution in [3.8, 4) is 5.75 Å². The average molecular weight is 517 g/mol. The summed E-state index contributed by atoms with van der Waals surface area (Å²) in [5, 5.41) is 2.88. The first-order chi connectivity index (χ1) is 16.5. The molecule has 1 N–H and O–H groups in total. The number of halogens is 5. The number of fused-ring (bicyclic) bond motifs is 2. The first-order valence-electron chi connectivity index (χ1n) is 10.7. The number of carbonyl (C=O) groups excluding carboxylic acids is 2. The second-order valence-corrected chi connectivity index (χ2v) is 8.79.